The van der Waals surface area contributed by atoms with Gasteiger partial charge in [-0.25, -0.2) is 0 Å². The van der Waals surface area contributed by atoms with Crippen molar-refractivity contribution in [2.24, 2.45) is 0 Å². The summed E-state index contributed by atoms with van der Waals surface area (Å²) in [6.45, 7) is 2.24. The van der Waals surface area contributed by atoms with Crippen LogP contribution in [0.2, 0.25) is 0 Å². The van der Waals surface area contributed by atoms with Gasteiger partial charge < -0.3 is 15.6 Å². The zero-order chi connectivity index (χ0) is 16.9. The summed E-state index contributed by atoms with van der Waals surface area (Å²) in [5.41, 5.74) is 7.33. The number of fused-ring (bicyclic) bond motifs is 8. The lowest BCUT2D eigenvalue weighted by atomic mass is 9.74. The minimum atomic E-state index is 0.195. The number of aromatic amines is 1. The number of para-hydroxylation sites is 2. The van der Waals surface area contributed by atoms with Gasteiger partial charge in [-0.2, -0.15) is 0 Å². The zero-order valence-corrected chi connectivity index (χ0v) is 14.6. The maximum atomic E-state index is 3.90. The van der Waals surface area contributed by atoms with Crippen molar-refractivity contribution in [1.82, 2.24) is 15.2 Å². The topological polar surface area (TPSA) is 43.1 Å². The third-order valence-electron chi connectivity index (χ3n) is 7.43. The first-order valence-electron chi connectivity index (χ1n) is 9.82. The summed E-state index contributed by atoms with van der Waals surface area (Å²) in [5.74, 6) is 0. The number of nitrogens with one attached hydrogen (secondary N) is 3. The number of anilines is 1. The highest BCUT2D eigenvalue weighted by Gasteiger charge is 2.66. The minimum Gasteiger partial charge on any atom is -0.368 e. The third kappa shape index (κ3) is 1.39. The molecule has 0 bridgehead atoms. The molecule has 4 unspecified atom stereocenters. The van der Waals surface area contributed by atoms with Crippen molar-refractivity contribution in [2.75, 3.05) is 18.4 Å². The van der Waals surface area contributed by atoms with Gasteiger partial charge in [0.15, 0.2) is 0 Å². The number of hydrogen-bond acceptors (Lipinski definition) is 3. The maximum absolute atomic E-state index is 3.90. The molecule has 1 spiro atoms. The molecule has 4 atom stereocenters. The first kappa shape index (κ1) is 13.8. The number of hydrogen-bond donors (Lipinski definition) is 3. The number of rotatable bonds is 0. The van der Waals surface area contributed by atoms with E-state index in [1.165, 1.54) is 34.3 Å². The molecule has 3 aromatic rings. The van der Waals surface area contributed by atoms with Crippen LogP contribution in [0.3, 0.4) is 0 Å². The van der Waals surface area contributed by atoms with E-state index in [2.05, 4.69) is 69.0 Å². The van der Waals surface area contributed by atoms with Crippen molar-refractivity contribution in [3.05, 3.63) is 65.4 Å². The average Bonchev–Trinajstić information content (AvgIpc) is 3.39. The van der Waals surface area contributed by atoms with Crippen LogP contribution in [0.25, 0.3) is 10.9 Å². The Hall–Kier alpha value is -2.30. The highest BCUT2D eigenvalue weighted by atomic mass is 15.4. The van der Waals surface area contributed by atoms with Crippen LogP contribution < -0.4 is 10.6 Å². The van der Waals surface area contributed by atoms with Crippen LogP contribution in [0.4, 0.5) is 5.69 Å². The molecule has 2 saturated heterocycles. The molecule has 4 aliphatic heterocycles. The summed E-state index contributed by atoms with van der Waals surface area (Å²) in [7, 11) is 0. The van der Waals surface area contributed by atoms with Crippen LogP contribution in [0.15, 0.2) is 48.5 Å². The second-order valence-corrected chi connectivity index (χ2v) is 8.31. The molecule has 0 aliphatic carbocycles. The lowest BCUT2D eigenvalue weighted by molar-refractivity contribution is 0.173. The molecule has 2 fully saturated rings. The van der Waals surface area contributed by atoms with Crippen molar-refractivity contribution >= 4 is 16.6 Å². The largest absolute Gasteiger partial charge is 0.368 e. The summed E-state index contributed by atoms with van der Waals surface area (Å²) in [6, 6.07) is 18.7. The van der Waals surface area contributed by atoms with Gasteiger partial charge in [-0.1, -0.05) is 36.4 Å². The van der Waals surface area contributed by atoms with Gasteiger partial charge in [0.05, 0.1) is 12.2 Å². The second kappa shape index (κ2) is 4.51. The molecule has 4 aliphatic rings. The molecule has 4 nitrogen and oxygen atoms in total. The van der Waals surface area contributed by atoms with Crippen LogP contribution in [-0.4, -0.2) is 35.2 Å². The van der Waals surface area contributed by atoms with Gasteiger partial charge in [0.2, 0.25) is 0 Å². The van der Waals surface area contributed by atoms with Gasteiger partial charge in [-0.05, 0) is 42.6 Å². The van der Waals surface area contributed by atoms with E-state index in [0.717, 1.165) is 19.5 Å². The smallest absolute Gasteiger partial charge is 0.0915 e. The second-order valence-electron chi connectivity index (χ2n) is 8.31. The quantitative estimate of drug-likeness (QED) is 0.588. The molecular formula is C22H22N4. The van der Waals surface area contributed by atoms with Crippen LogP contribution in [-0.2, 0) is 11.8 Å². The fourth-order valence-corrected chi connectivity index (χ4v) is 6.53. The molecule has 130 valence electrons. The SMILES string of the molecule is c1ccc2c(c1)NC1N3CCc4c([nH]c5ccccc45)C3C3NCCC231. The molecule has 1 aromatic heterocycles. The molecular weight excluding hydrogens is 320 g/mol. The van der Waals surface area contributed by atoms with Gasteiger partial charge in [0.1, 0.15) is 0 Å². The fraction of sp³-hybridized carbons (Fsp3) is 0.364. The van der Waals surface area contributed by atoms with E-state index in [1.807, 2.05) is 0 Å². The first-order valence-corrected chi connectivity index (χ1v) is 9.82. The van der Waals surface area contributed by atoms with E-state index in [1.54, 1.807) is 5.56 Å². The minimum absolute atomic E-state index is 0.195. The Morgan fingerprint density at radius 2 is 1.92 bits per heavy atom. The molecule has 7 rings (SSSR count). The molecule has 2 aromatic carbocycles. The predicted molar refractivity (Wildman–Crippen MR) is 103 cm³/mol. The van der Waals surface area contributed by atoms with E-state index in [-0.39, 0.29) is 5.41 Å². The maximum Gasteiger partial charge on any atom is 0.0915 e. The Balaban J connectivity index is 1.46. The predicted octanol–water partition coefficient (Wildman–Crippen LogP) is 3.13. The van der Waals surface area contributed by atoms with Crippen LogP contribution in [0.5, 0.6) is 0 Å². The average molecular weight is 342 g/mol. The zero-order valence-electron chi connectivity index (χ0n) is 14.6. The van der Waals surface area contributed by atoms with Crippen LogP contribution in [0, 0.1) is 0 Å². The van der Waals surface area contributed by atoms with Crippen molar-refractivity contribution in [3.63, 3.8) is 0 Å². The lowest BCUT2D eigenvalue weighted by Gasteiger charge is -2.36. The summed E-state index contributed by atoms with van der Waals surface area (Å²) in [4.78, 5) is 6.53. The van der Waals surface area contributed by atoms with Crippen molar-refractivity contribution in [2.45, 2.75) is 36.5 Å². The van der Waals surface area contributed by atoms with Gasteiger partial charge in [-0.15, -0.1) is 0 Å². The Morgan fingerprint density at radius 3 is 2.92 bits per heavy atom. The Bertz CT molecular complexity index is 1050. The van der Waals surface area contributed by atoms with Crippen molar-refractivity contribution < 1.29 is 0 Å². The number of aromatic nitrogens is 1. The third-order valence-corrected chi connectivity index (χ3v) is 7.43. The van der Waals surface area contributed by atoms with Gasteiger partial charge >= 0.3 is 0 Å². The summed E-state index contributed by atoms with van der Waals surface area (Å²) < 4.78 is 0. The molecule has 3 N–H and O–H groups in total. The summed E-state index contributed by atoms with van der Waals surface area (Å²) in [5, 5.41) is 9.22. The molecule has 0 amide bonds. The van der Waals surface area contributed by atoms with Gasteiger partial charge in [0.25, 0.3) is 0 Å². The summed E-state index contributed by atoms with van der Waals surface area (Å²) >= 11 is 0. The normalized spacial score (nSPS) is 34.1. The highest BCUT2D eigenvalue weighted by Crippen LogP contribution is 2.59. The van der Waals surface area contributed by atoms with Crippen molar-refractivity contribution in [1.29, 1.82) is 0 Å². The number of benzene rings is 2. The molecule has 4 heteroatoms. The number of H-pyrrole nitrogens is 1. The van der Waals surface area contributed by atoms with E-state index >= 15 is 0 Å². The van der Waals surface area contributed by atoms with Crippen LogP contribution in [0.1, 0.15) is 29.3 Å². The highest BCUT2D eigenvalue weighted by molar-refractivity contribution is 5.85. The van der Waals surface area contributed by atoms with Crippen LogP contribution >= 0.6 is 0 Å². The molecule has 0 radical (unpaired) electrons. The Kier molecular flexibility index (Phi) is 2.40. The standard InChI is InChI=1S/C22H22N4/c1-3-7-16-13(5-1)14-9-12-26-19(18(14)24-16)20-22(10-11-23-20)15-6-2-4-8-17(15)25-21(22)26/h1-8,19-21,23-25H,9-12H2. The number of nitrogens with zero attached hydrogens (tertiary/aromatic N) is 1. The molecule has 0 saturated carbocycles. The van der Waals surface area contributed by atoms with Gasteiger partial charge in [-0.3, -0.25) is 4.90 Å². The van der Waals surface area contributed by atoms with E-state index in [9.17, 15) is 0 Å². The molecule has 26 heavy (non-hydrogen) atoms. The molecule has 5 heterocycles. The van der Waals surface area contributed by atoms with E-state index in [0.29, 0.717) is 18.2 Å². The fourth-order valence-electron chi connectivity index (χ4n) is 6.53. The van der Waals surface area contributed by atoms with Crippen molar-refractivity contribution in [3.8, 4) is 0 Å². The van der Waals surface area contributed by atoms with E-state index in [4.69, 9.17) is 0 Å². The summed E-state index contributed by atoms with van der Waals surface area (Å²) in [6.07, 6.45) is 2.76. The van der Waals surface area contributed by atoms with E-state index < -0.39 is 0 Å². The Morgan fingerprint density at radius 1 is 1.04 bits per heavy atom. The first-order chi connectivity index (χ1) is 12.9. The lowest BCUT2D eigenvalue weighted by Crippen LogP contribution is -2.45. The van der Waals surface area contributed by atoms with Gasteiger partial charge in [0, 0.05) is 40.3 Å². The Labute approximate surface area is 152 Å². The monoisotopic (exact) mass is 342 g/mol.